The zero-order valence-electron chi connectivity index (χ0n) is 10.1. The summed E-state index contributed by atoms with van der Waals surface area (Å²) in [6, 6.07) is 8.46. The molecule has 2 rings (SSSR count). The van der Waals surface area contributed by atoms with Crippen molar-refractivity contribution in [3.63, 3.8) is 0 Å². The van der Waals surface area contributed by atoms with Crippen LogP contribution in [-0.4, -0.2) is 20.9 Å². The number of aliphatic hydroxyl groups excluding tert-OH is 1. The second-order valence-corrected chi connectivity index (χ2v) is 4.76. The minimum absolute atomic E-state index is 0.00550. The predicted molar refractivity (Wildman–Crippen MR) is 70.2 cm³/mol. The molecule has 3 nitrogen and oxygen atoms in total. The number of aliphatic hydroxyl groups is 1. The number of aryl methyl sites for hydroxylation is 1. The van der Waals surface area contributed by atoms with Crippen LogP contribution in [0.15, 0.2) is 35.6 Å². The summed E-state index contributed by atoms with van der Waals surface area (Å²) in [5.74, 6) is 0. The Kier molecular flexibility index (Phi) is 3.86. The number of benzene rings is 1. The molecule has 0 aliphatic heterocycles. The van der Waals surface area contributed by atoms with Gasteiger partial charge in [0.2, 0.25) is 0 Å². The van der Waals surface area contributed by atoms with E-state index < -0.39 is 0 Å². The van der Waals surface area contributed by atoms with E-state index in [-0.39, 0.29) is 6.61 Å². The summed E-state index contributed by atoms with van der Waals surface area (Å²) >= 11 is 1.59. The van der Waals surface area contributed by atoms with Gasteiger partial charge in [-0.15, -0.1) is 0 Å². The van der Waals surface area contributed by atoms with Crippen molar-refractivity contribution in [2.45, 2.75) is 25.2 Å². The third-order valence-corrected chi connectivity index (χ3v) is 3.30. The maximum absolute atomic E-state index is 9.09. The first-order chi connectivity index (χ1) is 8.22. The lowest BCUT2D eigenvalue weighted by Gasteiger charge is -2.06. The molecule has 1 N–H and O–H groups in total. The molecule has 0 saturated heterocycles. The molecule has 0 amide bonds. The van der Waals surface area contributed by atoms with E-state index in [2.05, 4.69) is 40.7 Å². The lowest BCUT2D eigenvalue weighted by molar-refractivity contribution is 0.277. The first kappa shape index (κ1) is 12.2. The highest BCUT2D eigenvalue weighted by Gasteiger charge is 2.06. The standard InChI is InChI=1S/C13H16N2OS/c1-10-3-5-11(6-4-10)7-15-8-12(9-16)14-13(15)17-2/h3-6,8,16H,7,9H2,1-2H3. The summed E-state index contributed by atoms with van der Waals surface area (Å²) in [7, 11) is 0. The van der Waals surface area contributed by atoms with Crippen molar-refractivity contribution in [2.75, 3.05) is 6.26 Å². The molecule has 1 aromatic heterocycles. The van der Waals surface area contributed by atoms with Crippen LogP contribution in [0.5, 0.6) is 0 Å². The zero-order valence-corrected chi connectivity index (χ0v) is 10.9. The van der Waals surface area contributed by atoms with Crippen LogP contribution in [0, 0.1) is 6.92 Å². The number of thioether (sulfide) groups is 1. The van der Waals surface area contributed by atoms with Crippen LogP contribution >= 0.6 is 11.8 Å². The maximum Gasteiger partial charge on any atom is 0.168 e. The highest BCUT2D eigenvalue weighted by atomic mass is 32.2. The molecule has 0 atom stereocenters. The molecule has 2 aromatic rings. The van der Waals surface area contributed by atoms with Crippen LogP contribution in [0.1, 0.15) is 16.8 Å². The van der Waals surface area contributed by atoms with E-state index in [1.165, 1.54) is 11.1 Å². The van der Waals surface area contributed by atoms with Gasteiger partial charge in [-0.2, -0.15) is 0 Å². The van der Waals surface area contributed by atoms with Gasteiger partial charge in [-0.3, -0.25) is 0 Å². The second kappa shape index (κ2) is 5.38. The van der Waals surface area contributed by atoms with Gasteiger partial charge in [-0.1, -0.05) is 41.6 Å². The third kappa shape index (κ3) is 2.90. The van der Waals surface area contributed by atoms with Crippen molar-refractivity contribution in [2.24, 2.45) is 0 Å². The highest BCUT2D eigenvalue weighted by molar-refractivity contribution is 7.98. The minimum Gasteiger partial charge on any atom is -0.390 e. The van der Waals surface area contributed by atoms with Gasteiger partial charge in [0.15, 0.2) is 5.16 Å². The summed E-state index contributed by atoms with van der Waals surface area (Å²) in [5.41, 5.74) is 3.23. The number of hydrogen-bond donors (Lipinski definition) is 1. The van der Waals surface area contributed by atoms with Gasteiger partial charge in [0.25, 0.3) is 0 Å². The third-order valence-electron chi connectivity index (χ3n) is 2.61. The molecule has 0 fully saturated rings. The van der Waals surface area contributed by atoms with E-state index in [4.69, 9.17) is 5.11 Å². The van der Waals surface area contributed by atoms with E-state index in [0.717, 1.165) is 17.4 Å². The smallest absolute Gasteiger partial charge is 0.168 e. The molecular formula is C13H16N2OS. The minimum atomic E-state index is -0.00550. The molecule has 0 aliphatic rings. The normalized spacial score (nSPS) is 10.8. The molecule has 0 aliphatic carbocycles. The molecule has 0 saturated carbocycles. The summed E-state index contributed by atoms with van der Waals surface area (Å²) in [6.45, 7) is 2.87. The first-order valence-corrected chi connectivity index (χ1v) is 6.72. The zero-order chi connectivity index (χ0) is 12.3. The van der Waals surface area contributed by atoms with Gasteiger partial charge in [0, 0.05) is 12.7 Å². The van der Waals surface area contributed by atoms with Crippen molar-refractivity contribution in [1.29, 1.82) is 0 Å². The van der Waals surface area contributed by atoms with Gasteiger partial charge < -0.3 is 9.67 Å². The number of rotatable bonds is 4. The van der Waals surface area contributed by atoms with Crippen LogP contribution < -0.4 is 0 Å². The number of nitrogens with zero attached hydrogens (tertiary/aromatic N) is 2. The molecule has 90 valence electrons. The Bertz CT molecular complexity index is 491. The fourth-order valence-electron chi connectivity index (χ4n) is 1.69. The van der Waals surface area contributed by atoms with Crippen LogP contribution in [-0.2, 0) is 13.2 Å². The van der Waals surface area contributed by atoms with Gasteiger partial charge in [-0.25, -0.2) is 4.98 Å². The molecule has 0 spiro atoms. The predicted octanol–water partition coefficient (Wildman–Crippen LogP) is 2.45. The Balaban J connectivity index is 2.22. The first-order valence-electron chi connectivity index (χ1n) is 5.49. The van der Waals surface area contributed by atoms with Crippen LogP contribution in [0.25, 0.3) is 0 Å². The van der Waals surface area contributed by atoms with Crippen molar-refractivity contribution in [3.05, 3.63) is 47.3 Å². The fraction of sp³-hybridized carbons (Fsp3) is 0.308. The molecule has 17 heavy (non-hydrogen) atoms. The maximum atomic E-state index is 9.09. The number of hydrogen-bond acceptors (Lipinski definition) is 3. The van der Waals surface area contributed by atoms with Crippen LogP contribution in [0.4, 0.5) is 0 Å². The fourth-order valence-corrected chi connectivity index (χ4v) is 2.25. The van der Waals surface area contributed by atoms with Gasteiger partial charge >= 0.3 is 0 Å². The Morgan fingerprint density at radius 1 is 1.29 bits per heavy atom. The molecule has 4 heteroatoms. The molecule has 0 bridgehead atoms. The Labute approximate surface area is 106 Å². The number of aromatic nitrogens is 2. The lowest BCUT2D eigenvalue weighted by atomic mass is 10.1. The SMILES string of the molecule is CSc1nc(CO)cn1Cc1ccc(C)cc1. The molecular weight excluding hydrogens is 232 g/mol. The molecule has 0 unspecified atom stereocenters. The van der Waals surface area contributed by atoms with Crippen molar-refractivity contribution < 1.29 is 5.11 Å². The van der Waals surface area contributed by atoms with Crippen LogP contribution in [0.3, 0.4) is 0 Å². The summed E-state index contributed by atoms with van der Waals surface area (Å²) < 4.78 is 2.07. The average molecular weight is 248 g/mol. The summed E-state index contributed by atoms with van der Waals surface area (Å²) in [5, 5.41) is 10.0. The number of imidazole rings is 1. The topological polar surface area (TPSA) is 38.1 Å². The van der Waals surface area contributed by atoms with Gasteiger partial charge in [-0.05, 0) is 18.7 Å². The average Bonchev–Trinajstić information content (AvgIpc) is 2.74. The summed E-state index contributed by atoms with van der Waals surface area (Å²) in [6.07, 6.45) is 3.90. The molecule has 1 aromatic carbocycles. The van der Waals surface area contributed by atoms with E-state index in [1.54, 1.807) is 11.8 Å². The van der Waals surface area contributed by atoms with Gasteiger partial charge in [0.1, 0.15) is 0 Å². The second-order valence-electron chi connectivity index (χ2n) is 3.99. The highest BCUT2D eigenvalue weighted by Crippen LogP contribution is 2.17. The lowest BCUT2D eigenvalue weighted by Crippen LogP contribution is -1.99. The van der Waals surface area contributed by atoms with Crippen LogP contribution in [0.2, 0.25) is 0 Å². The van der Waals surface area contributed by atoms with E-state index in [0.29, 0.717) is 0 Å². The monoisotopic (exact) mass is 248 g/mol. The quantitative estimate of drug-likeness (QED) is 0.845. The molecule has 1 heterocycles. The summed E-state index contributed by atoms with van der Waals surface area (Å²) in [4.78, 5) is 4.34. The Morgan fingerprint density at radius 2 is 2.00 bits per heavy atom. The Morgan fingerprint density at radius 3 is 2.59 bits per heavy atom. The largest absolute Gasteiger partial charge is 0.390 e. The Hall–Kier alpha value is -1.26. The van der Waals surface area contributed by atoms with E-state index in [9.17, 15) is 0 Å². The van der Waals surface area contributed by atoms with Crippen molar-refractivity contribution in [1.82, 2.24) is 9.55 Å². The van der Waals surface area contributed by atoms with Crippen molar-refractivity contribution in [3.8, 4) is 0 Å². The van der Waals surface area contributed by atoms with Gasteiger partial charge in [0.05, 0.1) is 12.3 Å². The van der Waals surface area contributed by atoms with Crippen molar-refractivity contribution >= 4 is 11.8 Å². The molecule has 0 radical (unpaired) electrons. The van der Waals surface area contributed by atoms with E-state index >= 15 is 0 Å². The van der Waals surface area contributed by atoms with E-state index in [1.807, 2.05) is 12.5 Å².